The molecule has 0 bridgehead atoms. The van der Waals surface area contributed by atoms with Gasteiger partial charge in [-0.05, 0) is 6.07 Å². The summed E-state index contributed by atoms with van der Waals surface area (Å²) in [4.78, 5) is 0. The van der Waals surface area contributed by atoms with Gasteiger partial charge in [0.15, 0.2) is 0 Å². The Labute approximate surface area is 85.8 Å². The van der Waals surface area contributed by atoms with Crippen molar-refractivity contribution < 1.29 is 17.9 Å². The van der Waals surface area contributed by atoms with Crippen LogP contribution in [0.4, 0.5) is 13.2 Å². The van der Waals surface area contributed by atoms with E-state index in [0.29, 0.717) is 0 Å². The van der Waals surface area contributed by atoms with Gasteiger partial charge in [-0.3, -0.25) is 0 Å². The van der Waals surface area contributed by atoms with E-state index in [1.54, 1.807) is 0 Å². The minimum Gasteiger partial charge on any atom is -0.496 e. The SMILES string of the molecule is COc1cc(F)ccc1C(CN)C(F)F. The normalized spacial score (nSPS) is 12.9. The number of benzene rings is 1. The standard InChI is InChI=1S/C10H12F3NO/c1-15-9-4-6(11)2-3-7(9)8(5-14)10(12)13/h2-4,8,10H,5,14H2,1H3. The zero-order valence-electron chi connectivity index (χ0n) is 8.21. The molecule has 1 atom stereocenters. The first-order valence-electron chi connectivity index (χ1n) is 4.41. The van der Waals surface area contributed by atoms with Gasteiger partial charge in [0.05, 0.1) is 13.0 Å². The van der Waals surface area contributed by atoms with E-state index in [1.807, 2.05) is 0 Å². The Kier molecular flexibility index (Phi) is 3.96. The second kappa shape index (κ2) is 5.02. The number of nitrogens with two attached hydrogens (primary N) is 1. The Morgan fingerprint density at radius 1 is 1.40 bits per heavy atom. The van der Waals surface area contributed by atoms with E-state index in [-0.39, 0.29) is 17.9 Å². The number of ether oxygens (including phenoxy) is 1. The Bertz CT molecular complexity index is 330. The number of halogens is 3. The first kappa shape index (κ1) is 11.8. The van der Waals surface area contributed by atoms with Crippen molar-refractivity contribution in [2.75, 3.05) is 13.7 Å². The van der Waals surface area contributed by atoms with Crippen LogP contribution in [0.2, 0.25) is 0 Å². The molecule has 0 fully saturated rings. The van der Waals surface area contributed by atoms with E-state index in [4.69, 9.17) is 10.5 Å². The third-order valence-electron chi connectivity index (χ3n) is 2.15. The van der Waals surface area contributed by atoms with Gasteiger partial charge in [-0.25, -0.2) is 13.2 Å². The van der Waals surface area contributed by atoms with E-state index in [1.165, 1.54) is 13.2 Å². The molecule has 0 aliphatic rings. The molecule has 2 nitrogen and oxygen atoms in total. The van der Waals surface area contributed by atoms with Crippen LogP contribution in [-0.2, 0) is 0 Å². The molecule has 0 spiro atoms. The molecular weight excluding hydrogens is 207 g/mol. The zero-order chi connectivity index (χ0) is 11.4. The van der Waals surface area contributed by atoms with Gasteiger partial charge in [-0.1, -0.05) is 6.07 Å². The van der Waals surface area contributed by atoms with E-state index in [2.05, 4.69) is 0 Å². The average molecular weight is 219 g/mol. The second-order valence-corrected chi connectivity index (χ2v) is 3.06. The van der Waals surface area contributed by atoms with Crippen LogP contribution < -0.4 is 10.5 Å². The summed E-state index contributed by atoms with van der Waals surface area (Å²) >= 11 is 0. The van der Waals surface area contributed by atoms with E-state index < -0.39 is 18.2 Å². The van der Waals surface area contributed by atoms with Crippen LogP contribution in [0.25, 0.3) is 0 Å². The molecule has 0 aliphatic carbocycles. The number of rotatable bonds is 4. The summed E-state index contributed by atoms with van der Waals surface area (Å²) < 4.78 is 42.8. The highest BCUT2D eigenvalue weighted by molar-refractivity contribution is 5.37. The fourth-order valence-electron chi connectivity index (χ4n) is 1.36. The third kappa shape index (κ3) is 2.62. The maximum atomic E-state index is 12.8. The summed E-state index contributed by atoms with van der Waals surface area (Å²) in [5, 5.41) is 0. The second-order valence-electron chi connectivity index (χ2n) is 3.06. The molecule has 0 aromatic heterocycles. The fourth-order valence-corrected chi connectivity index (χ4v) is 1.36. The summed E-state index contributed by atoms with van der Waals surface area (Å²) in [5.74, 6) is -1.55. The Balaban J connectivity index is 3.11. The van der Waals surface area contributed by atoms with Gasteiger partial charge in [-0.2, -0.15) is 0 Å². The van der Waals surface area contributed by atoms with Crippen molar-refractivity contribution in [2.45, 2.75) is 12.3 Å². The van der Waals surface area contributed by atoms with Crippen molar-refractivity contribution in [1.29, 1.82) is 0 Å². The number of alkyl halides is 2. The molecule has 0 heterocycles. The van der Waals surface area contributed by atoms with Gasteiger partial charge >= 0.3 is 0 Å². The Morgan fingerprint density at radius 3 is 2.53 bits per heavy atom. The topological polar surface area (TPSA) is 35.2 Å². The van der Waals surface area contributed by atoms with Crippen molar-refractivity contribution in [3.63, 3.8) is 0 Å². The van der Waals surface area contributed by atoms with Gasteiger partial charge < -0.3 is 10.5 Å². The summed E-state index contributed by atoms with van der Waals surface area (Å²) in [6, 6.07) is 3.46. The predicted molar refractivity (Wildman–Crippen MR) is 50.8 cm³/mol. The van der Waals surface area contributed by atoms with Crippen molar-refractivity contribution in [1.82, 2.24) is 0 Å². The Morgan fingerprint density at radius 2 is 2.07 bits per heavy atom. The minimum atomic E-state index is -2.59. The highest BCUT2D eigenvalue weighted by Gasteiger charge is 2.24. The summed E-state index contributed by atoms with van der Waals surface area (Å²) in [5.41, 5.74) is 5.47. The molecule has 84 valence electrons. The molecule has 5 heteroatoms. The lowest BCUT2D eigenvalue weighted by atomic mass is 9.98. The molecule has 1 rings (SSSR count). The van der Waals surface area contributed by atoms with Gasteiger partial charge in [-0.15, -0.1) is 0 Å². The first-order valence-corrected chi connectivity index (χ1v) is 4.41. The van der Waals surface area contributed by atoms with Gasteiger partial charge in [0, 0.05) is 18.2 Å². The van der Waals surface area contributed by atoms with Crippen LogP contribution in [0.15, 0.2) is 18.2 Å². The van der Waals surface area contributed by atoms with Gasteiger partial charge in [0.2, 0.25) is 6.43 Å². The molecule has 1 unspecified atom stereocenters. The molecule has 1 aromatic carbocycles. The number of hydrogen-bond acceptors (Lipinski definition) is 2. The van der Waals surface area contributed by atoms with E-state index in [0.717, 1.165) is 12.1 Å². The molecule has 15 heavy (non-hydrogen) atoms. The molecule has 1 aromatic rings. The number of methoxy groups -OCH3 is 1. The monoisotopic (exact) mass is 219 g/mol. The van der Waals surface area contributed by atoms with Gasteiger partial charge in [0.25, 0.3) is 0 Å². The van der Waals surface area contributed by atoms with Crippen molar-refractivity contribution in [2.24, 2.45) is 5.73 Å². The lowest BCUT2D eigenvalue weighted by Crippen LogP contribution is -2.20. The molecule has 0 saturated heterocycles. The smallest absolute Gasteiger partial charge is 0.246 e. The van der Waals surface area contributed by atoms with Gasteiger partial charge in [0.1, 0.15) is 11.6 Å². The van der Waals surface area contributed by atoms with Crippen molar-refractivity contribution >= 4 is 0 Å². The van der Waals surface area contributed by atoms with Crippen molar-refractivity contribution in [3.8, 4) is 5.75 Å². The molecule has 2 N–H and O–H groups in total. The summed E-state index contributed by atoms with van der Waals surface area (Å²) in [6.07, 6.45) is -2.59. The van der Waals surface area contributed by atoms with Crippen LogP contribution in [0, 0.1) is 5.82 Å². The lowest BCUT2D eigenvalue weighted by Gasteiger charge is -2.17. The summed E-state index contributed by atoms with van der Waals surface area (Å²) in [7, 11) is 1.30. The van der Waals surface area contributed by atoms with E-state index >= 15 is 0 Å². The Hall–Kier alpha value is -1.23. The quantitative estimate of drug-likeness (QED) is 0.842. The first-order chi connectivity index (χ1) is 7.10. The predicted octanol–water partition coefficient (Wildman–Crippen LogP) is 2.14. The highest BCUT2D eigenvalue weighted by Crippen LogP contribution is 2.30. The van der Waals surface area contributed by atoms with Crippen LogP contribution in [0.3, 0.4) is 0 Å². The highest BCUT2D eigenvalue weighted by atomic mass is 19.3. The zero-order valence-corrected chi connectivity index (χ0v) is 8.21. The van der Waals surface area contributed by atoms with Crippen LogP contribution in [0.1, 0.15) is 11.5 Å². The molecule has 0 amide bonds. The fraction of sp³-hybridized carbons (Fsp3) is 0.400. The summed E-state index contributed by atoms with van der Waals surface area (Å²) in [6.45, 7) is -0.209. The molecule has 0 radical (unpaired) electrons. The van der Waals surface area contributed by atoms with Crippen molar-refractivity contribution in [3.05, 3.63) is 29.6 Å². The lowest BCUT2D eigenvalue weighted by molar-refractivity contribution is 0.115. The molecule has 0 saturated carbocycles. The number of hydrogen-bond donors (Lipinski definition) is 1. The molecular formula is C10H12F3NO. The minimum absolute atomic E-state index is 0.103. The molecule has 0 aliphatic heterocycles. The van der Waals surface area contributed by atoms with Crippen LogP contribution >= 0.6 is 0 Å². The maximum absolute atomic E-state index is 12.8. The van der Waals surface area contributed by atoms with Crippen LogP contribution in [-0.4, -0.2) is 20.1 Å². The van der Waals surface area contributed by atoms with Crippen LogP contribution in [0.5, 0.6) is 5.75 Å². The largest absolute Gasteiger partial charge is 0.496 e. The third-order valence-corrected chi connectivity index (χ3v) is 2.15. The average Bonchev–Trinajstić information content (AvgIpc) is 2.20. The van der Waals surface area contributed by atoms with E-state index in [9.17, 15) is 13.2 Å². The maximum Gasteiger partial charge on any atom is 0.246 e.